The van der Waals surface area contributed by atoms with E-state index in [9.17, 15) is 9.18 Å². The van der Waals surface area contributed by atoms with Crippen LogP contribution in [0.25, 0.3) is 0 Å². The van der Waals surface area contributed by atoms with E-state index in [2.05, 4.69) is 5.32 Å². The van der Waals surface area contributed by atoms with Gasteiger partial charge in [0.1, 0.15) is 18.0 Å². The monoisotopic (exact) mass is 362 g/mol. The van der Waals surface area contributed by atoms with Crippen molar-refractivity contribution in [2.24, 2.45) is 0 Å². The molecule has 2 heterocycles. The number of likely N-dealkylation sites (tertiary alicyclic amines) is 1. The van der Waals surface area contributed by atoms with Gasteiger partial charge in [-0.15, -0.1) is 12.4 Å². The summed E-state index contributed by atoms with van der Waals surface area (Å²) < 4.78 is 19.2. The van der Waals surface area contributed by atoms with E-state index in [1.807, 2.05) is 18.2 Å². The number of nitrogens with zero attached hydrogens (tertiary/aromatic N) is 1. The quantitative estimate of drug-likeness (QED) is 0.898. The van der Waals surface area contributed by atoms with Crippen LogP contribution in [0.5, 0.6) is 5.75 Å². The zero-order valence-corrected chi connectivity index (χ0v) is 14.3. The average molecular weight is 363 g/mol. The largest absolute Gasteiger partial charge is 0.487 e. The summed E-state index contributed by atoms with van der Waals surface area (Å²) in [5.74, 6) is 0.624. The topological polar surface area (TPSA) is 41.6 Å². The number of hydrogen-bond donors (Lipinski definition) is 1. The highest BCUT2D eigenvalue weighted by atomic mass is 35.5. The van der Waals surface area contributed by atoms with Crippen molar-refractivity contribution in [2.45, 2.75) is 37.6 Å². The summed E-state index contributed by atoms with van der Waals surface area (Å²) in [6.07, 6.45) is 1.05. The van der Waals surface area contributed by atoms with E-state index in [4.69, 9.17) is 16.3 Å². The van der Waals surface area contributed by atoms with E-state index in [-0.39, 0.29) is 37.4 Å². The molecule has 0 bridgehead atoms. The molecule has 3 atom stereocenters. The Morgan fingerprint density at radius 1 is 1.39 bits per heavy atom. The molecule has 1 N–H and O–H groups in total. The number of rotatable bonds is 3. The fraction of sp³-hybridized carbons (Fsp3) is 0.562. The van der Waals surface area contributed by atoms with Crippen LogP contribution in [0.2, 0.25) is 5.02 Å². The third-order valence-electron chi connectivity index (χ3n) is 4.20. The molecule has 1 aromatic rings. The van der Waals surface area contributed by atoms with Gasteiger partial charge < -0.3 is 15.0 Å². The maximum atomic E-state index is 13.2. The van der Waals surface area contributed by atoms with Gasteiger partial charge in [0.25, 0.3) is 0 Å². The molecule has 2 aliphatic heterocycles. The number of halogens is 3. The second kappa shape index (κ2) is 8.18. The van der Waals surface area contributed by atoms with Crippen LogP contribution in [0, 0.1) is 0 Å². The molecule has 0 saturated carbocycles. The summed E-state index contributed by atoms with van der Waals surface area (Å²) in [4.78, 5) is 14.2. The number of amides is 1. The first-order valence-corrected chi connectivity index (χ1v) is 8.08. The fourth-order valence-corrected chi connectivity index (χ4v) is 3.24. The molecule has 128 valence electrons. The maximum absolute atomic E-state index is 13.2. The number of benzene rings is 1. The predicted octanol–water partition coefficient (Wildman–Crippen LogP) is 2.83. The second-order valence-electron chi connectivity index (χ2n) is 5.89. The SMILES string of the molecule is Cl.O=C([C@H]1C[C@H](F)CN1)N1CCCC(Oc2ccccc2Cl)C1. The molecule has 1 amide bonds. The van der Waals surface area contributed by atoms with Crippen molar-refractivity contribution in [1.29, 1.82) is 0 Å². The van der Waals surface area contributed by atoms with Crippen molar-refractivity contribution in [3.63, 3.8) is 0 Å². The summed E-state index contributed by atoms with van der Waals surface area (Å²) in [5, 5.41) is 3.52. The van der Waals surface area contributed by atoms with Crippen LogP contribution in [0.1, 0.15) is 19.3 Å². The zero-order chi connectivity index (χ0) is 15.5. The molecule has 23 heavy (non-hydrogen) atoms. The zero-order valence-electron chi connectivity index (χ0n) is 12.7. The van der Waals surface area contributed by atoms with E-state index >= 15 is 0 Å². The van der Waals surface area contributed by atoms with E-state index < -0.39 is 12.2 Å². The number of para-hydroxylation sites is 1. The molecule has 7 heteroatoms. The standard InChI is InChI=1S/C16H20ClFN2O2.ClH/c17-13-5-1-2-6-15(13)22-12-4-3-7-20(10-12)16(21)14-8-11(18)9-19-14;/h1-2,5-6,11-12,14,19H,3-4,7-10H2;1H/t11-,12?,14+;/m0./s1. The van der Waals surface area contributed by atoms with E-state index in [1.165, 1.54) is 0 Å². The van der Waals surface area contributed by atoms with Gasteiger partial charge in [-0.05, 0) is 25.0 Å². The highest BCUT2D eigenvalue weighted by Crippen LogP contribution is 2.26. The van der Waals surface area contributed by atoms with Crippen LogP contribution in [-0.2, 0) is 4.79 Å². The number of hydrogen-bond acceptors (Lipinski definition) is 3. The summed E-state index contributed by atoms with van der Waals surface area (Å²) in [5.41, 5.74) is 0. The Morgan fingerprint density at radius 2 is 2.17 bits per heavy atom. The molecular formula is C16H21Cl2FN2O2. The van der Waals surface area contributed by atoms with Crippen molar-refractivity contribution >= 4 is 29.9 Å². The lowest BCUT2D eigenvalue weighted by atomic mass is 10.1. The summed E-state index contributed by atoms with van der Waals surface area (Å²) in [7, 11) is 0. The van der Waals surface area contributed by atoms with Crippen molar-refractivity contribution in [1.82, 2.24) is 10.2 Å². The molecule has 2 aliphatic rings. The van der Waals surface area contributed by atoms with Crippen LogP contribution in [0.4, 0.5) is 4.39 Å². The number of ether oxygens (including phenoxy) is 1. The predicted molar refractivity (Wildman–Crippen MR) is 90.2 cm³/mol. The van der Waals surface area contributed by atoms with Crippen LogP contribution < -0.4 is 10.1 Å². The summed E-state index contributed by atoms with van der Waals surface area (Å²) in [6.45, 7) is 1.50. The first kappa shape index (κ1) is 18.3. The van der Waals surface area contributed by atoms with Gasteiger partial charge in [-0.25, -0.2) is 4.39 Å². The van der Waals surface area contributed by atoms with Crippen molar-refractivity contribution in [2.75, 3.05) is 19.6 Å². The molecule has 3 rings (SSSR count). The molecular weight excluding hydrogens is 342 g/mol. The third-order valence-corrected chi connectivity index (χ3v) is 4.51. The smallest absolute Gasteiger partial charge is 0.239 e. The lowest BCUT2D eigenvalue weighted by molar-refractivity contribution is -0.135. The average Bonchev–Trinajstić information content (AvgIpc) is 2.96. The minimum Gasteiger partial charge on any atom is -0.487 e. The van der Waals surface area contributed by atoms with Gasteiger partial charge in [-0.3, -0.25) is 4.79 Å². The molecule has 4 nitrogen and oxygen atoms in total. The minimum absolute atomic E-state index is 0. The molecule has 0 radical (unpaired) electrons. The molecule has 0 aliphatic carbocycles. The molecule has 1 aromatic carbocycles. The van der Waals surface area contributed by atoms with Crippen LogP contribution in [-0.4, -0.2) is 48.8 Å². The lowest BCUT2D eigenvalue weighted by Crippen LogP contribution is -2.50. The fourth-order valence-electron chi connectivity index (χ4n) is 3.06. The van der Waals surface area contributed by atoms with Crippen LogP contribution in [0.15, 0.2) is 24.3 Å². The first-order valence-electron chi connectivity index (χ1n) is 7.71. The number of alkyl halides is 1. The van der Waals surface area contributed by atoms with Crippen molar-refractivity contribution < 1.29 is 13.9 Å². The number of nitrogens with one attached hydrogen (secondary N) is 1. The third kappa shape index (κ3) is 4.49. The minimum atomic E-state index is -0.922. The van der Waals surface area contributed by atoms with Crippen LogP contribution in [0.3, 0.4) is 0 Å². The molecule has 2 fully saturated rings. The molecule has 1 unspecified atom stereocenters. The highest BCUT2D eigenvalue weighted by molar-refractivity contribution is 6.32. The second-order valence-corrected chi connectivity index (χ2v) is 6.30. The molecule has 2 saturated heterocycles. The maximum Gasteiger partial charge on any atom is 0.239 e. The van der Waals surface area contributed by atoms with Gasteiger partial charge in [0, 0.05) is 19.5 Å². The highest BCUT2D eigenvalue weighted by Gasteiger charge is 2.34. The normalized spacial score (nSPS) is 27.4. The molecule has 0 spiro atoms. The number of carbonyl (C=O) groups excluding carboxylic acids is 1. The van der Waals surface area contributed by atoms with E-state index in [0.29, 0.717) is 23.9 Å². The summed E-state index contributed by atoms with van der Waals surface area (Å²) in [6, 6.07) is 6.94. The Kier molecular flexibility index (Phi) is 6.50. The Labute approximate surface area is 146 Å². The van der Waals surface area contributed by atoms with Gasteiger partial charge in [-0.1, -0.05) is 23.7 Å². The molecule has 0 aromatic heterocycles. The summed E-state index contributed by atoms with van der Waals surface area (Å²) >= 11 is 6.10. The van der Waals surface area contributed by atoms with E-state index in [0.717, 1.165) is 12.8 Å². The number of carbonyl (C=O) groups is 1. The van der Waals surface area contributed by atoms with Gasteiger partial charge in [0.2, 0.25) is 5.91 Å². The van der Waals surface area contributed by atoms with E-state index in [1.54, 1.807) is 11.0 Å². The Hall–Kier alpha value is -1.04. The van der Waals surface area contributed by atoms with Gasteiger partial charge in [0.15, 0.2) is 0 Å². The van der Waals surface area contributed by atoms with Gasteiger partial charge in [-0.2, -0.15) is 0 Å². The first-order chi connectivity index (χ1) is 10.6. The van der Waals surface area contributed by atoms with Gasteiger partial charge >= 0.3 is 0 Å². The number of piperidine rings is 1. The van der Waals surface area contributed by atoms with Crippen LogP contribution >= 0.6 is 24.0 Å². The van der Waals surface area contributed by atoms with Crippen molar-refractivity contribution in [3.05, 3.63) is 29.3 Å². The van der Waals surface area contributed by atoms with Crippen molar-refractivity contribution in [3.8, 4) is 5.75 Å². The Bertz CT molecular complexity index is 547. The lowest BCUT2D eigenvalue weighted by Gasteiger charge is -2.34. The Balaban J connectivity index is 0.00000192. The Morgan fingerprint density at radius 3 is 2.87 bits per heavy atom. The van der Waals surface area contributed by atoms with Gasteiger partial charge in [0.05, 0.1) is 17.6 Å².